The molecule has 0 radical (unpaired) electrons. The molecule has 0 aliphatic carbocycles. The molecule has 0 aliphatic rings. The normalized spacial score (nSPS) is 10.3. The van der Waals surface area contributed by atoms with Gasteiger partial charge in [0.15, 0.2) is 0 Å². The van der Waals surface area contributed by atoms with E-state index in [0.29, 0.717) is 23.8 Å². The van der Waals surface area contributed by atoms with E-state index >= 15 is 0 Å². The zero-order valence-electron chi connectivity index (χ0n) is 15.6. The average Bonchev–Trinajstić information content (AvgIpc) is 2.68. The standard InChI is InChI=1S/C21H22N4O2/c1-14-4-7-16(8-5-14)11-22-20(26)17-12-23-21(24-13-17)25-18-10-15(2)6-9-19(18)27-3/h4-10,12-13H,11H2,1-3H3,(H,22,26)(H,23,24,25). The Kier molecular flexibility index (Phi) is 5.66. The number of aryl methyl sites for hydroxylation is 2. The van der Waals surface area contributed by atoms with Crippen LogP contribution in [0.4, 0.5) is 11.6 Å². The van der Waals surface area contributed by atoms with Gasteiger partial charge in [0.1, 0.15) is 5.75 Å². The van der Waals surface area contributed by atoms with E-state index in [2.05, 4.69) is 20.6 Å². The lowest BCUT2D eigenvalue weighted by molar-refractivity contribution is 0.0950. The van der Waals surface area contributed by atoms with Gasteiger partial charge in [0.2, 0.25) is 5.95 Å². The lowest BCUT2D eigenvalue weighted by Crippen LogP contribution is -2.23. The maximum absolute atomic E-state index is 12.3. The summed E-state index contributed by atoms with van der Waals surface area (Å²) in [6, 6.07) is 13.8. The number of ether oxygens (including phenoxy) is 1. The minimum absolute atomic E-state index is 0.213. The van der Waals surface area contributed by atoms with Gasteiger partial charge in [0.05, 0.1) is 18.4 Å². The van der Waals surface area contributed by atoms with Gasteiger partial charge in [-0.25, -0.2) is 9.97 Å². The summed E-state index contributed by atoms with van der Waals surface area (Å²) in [6.45, 7) is 4.48. The van der Waals surface area contributed by atoms with Gasteiger partial charge in [-0.3, -0.25) is 4.79 Å². The highest BCUT2D eigenvalue weighted by Crippen LogP contribution is 2.27. The Morgan fingerprint density at radius 2 is 1.67 bits per heavy atom. The Labute approximate surface area is 158 Å². The van der Waals surface area contributed by atoms with E-state index in [1.807, 2.05) is 56.3 Å². The highest BCUT2D eigenvalue weighted by Gasteiger charge is 2.09. The van der Waals surface area contributed by atoms with Crippen molar-refractivity contribution in [3.8, 4) is 5.75 Å². The number of anilines is 2. The maximum atomic E-state index is 12.3. The topological polar surface area (TPSA) is 76.1 Å². The summed E-state index contributed by atoms with van der Waals surface area (Å²) in [6.07, 6.45) is 3.00. The number of methoxy groups -OCH3 is 1. The molecule has 0 saturated heterocycles. The highest BCUT2D eigenvalue weighted by molar-refractivity contribution is 5.93. The van der Waals surface area contributed by atoms with Gasteiger partial charge in [0.25, 0.3) is 5.91 Å². The Balaban J connectivity index is 1.63. The molecule has 0 atom stereocenters. The van der Waals surface area contributed by atoms with Crippen LogP contribution in [0.5, 0.6) is 5.75 Å². The van der Waals surface area contributed by atoms with Crippen molar-refractivity contribution in [2.24, 2.45) is 0 Å². The molecule has 3 rings (SSSR count). The van der Waals surface area contributed by atoms with Gasteiger partial charge in [-0.2, -0.15) is 0 Å². The molecule has 0 aliphatic heterocycles. The lowest BCUT2D eigenvalue weighted by atomic mass is 10.1. The van der Waals surface area contributed by atoms with Crippen LogP contribution in [0.15, 0.2) is 54.9 Å². The van der Waals surface area contributed by atoms with Crippen LogP contribution in [0.1, 0.15) is 27.0 Å². The molecule has 6 heteroatoms. The Bertz CT molecular complexity index is 922. The second-order valence-corrected chi connectivity index (χ2v) is 6.29. The van der Waals surface area contributed by atoms with E-state index in [1.54, 1.807) is 7.11 Å². The van der Waals surface area contributed by atoms with Crippen molar-refractivity contribution in [1.82, 2.24) is 15.3 Å². The molecule has 3 aromatic rings. The van der Waals surface area contributed by atoms with Crippen LogP contribution >= 0.6 is 0 Å². The smallest absolute Gasteiger partial charge is 0.254 e. The van der Waals surface area contributed by atoms with Crippen molar-refractivity contribution in [2.75, 3.05) is 12.4 Å². The zero-order valence-corrected chi connectivity index (χ0v) is 15.6. The first kappa shape index (κ1) is 18.4. The summed E-state index contributed by atoms with van der Waals surface area (Å²) < 4.78 is 5.33. The molecule has 0 bridgehead atoms. The SMILES string of the molecule is COc1ccc(C)cc1Nc1ncc(C(=O)NCc2ccc(C)cc2)cn1. The summed E-state index contributed by atoms with van der Waals surface area (Å²) >= 11 is 0. The Morgan fingerprint density at radius 1 is 1.00 bits per heavy atom. The highest BCUT2D eigenvalue weighted by atomic mass is 16.5. The van der Waals surface area contributed by atoms with Gasteiger partial charge >= 0.3 is 0 Å². The number of benzene rings is 2. The van der Waals surface area contributed by atoms with Crippen molar-refractivity contribution < 1.29 is 9.53 Å². The second kappa shape index (κ2) is 8.31. The second-order valence-electron chi connectivity index (χ2n) is 6.29. The molecule has 0 unspecified atom stereocenters. The molecule has 2 N–H and O–H groups in total. The molecule has 0 spiro atoms. The number of hydrogen-bond acceptors (Lipinski definition) is 5. The van der Waals surface area contributed by atoms with Crippen molar-refractivity contribution >= 4 is 17.5 Å². The van der Waals surface area contributed by atoms with Crippen molar-refractivity contribution in [2.45, 2.75) is 20.4 Å². The van der Waals surface area contributed by atoms with E-state index in [0.717, 1.165) is 16.8 Å². The molecular weight excluding hydrogens is 340 g/mol. The minimum Gasteiger partial charge on any atom is -0.495 e. The van der Waals surface area contributed by atoms with E-state index in [1.165, 1.54) is 18.0 Å². The Hall–Kier alpha value is -3.41. The van der Waals surface area contributed by atoms with E-state index in [4.69, 9.17) is 4.74 Å². The van der Waals surface area contributed by atoms with Crippen molar-refractivity contribution in [3.05, 3.63) is 77.1 Å². The van der Waals surface area contributed by atoms with Crippen LogP contribution < -0.4 is 15.4 Å². The van der Waals surface area contributed by atoms with E-state index in [-0.39, 0.29) is 5.91 Å². The number of carbonyl (C=O) groups is 1. The van der Waals surface area contributed by atoms with Crippen LogP contribution in [0.2, 0.25) is 0 Å². The minimum atomic E-state index is -0.213. The summed E-state index contributed by atoms with van der Waals surface area (Å²) in [5, 5.41) is 5.98. The van der Waals surface area contributed by atoms with Gasteiger partial charge in [-0.05, 0) is 37.1 Å². The third-order valence-corrected chi connectivity index (χ3v) is 4.09. The molecular formula is C21H22N4O2. The first-order valence-corrected chi connectivity index (χ1v) is 8.62. The van der Waals surface area contributed by atoms with Gasteiger partial charge in [0, 0.05) is 18.9 Å². The predicted octanol–water partition coefficient (Wildman–Crippen LogP) is 3.78. The van der Waals surface area contributed by atoms with E-state index in [9.17, 15) is 4.79 Å². The fourth-order valence-corrected chi connectivity index (χ4v) is 2.54. The fourth-order valence-electron chi connectivity index (χ4n) is 2.54. The molecule has 0 saturated carbocycles. The molecule has 1 aromatic heterocycles. The average molecular weight is 362 g/mol. The van der Waals surface area contributed by atoms with Gasteiger partial charge in [-0.15, -0.1) is 0 Å². The number of rotatable bonds is 6. The number of carbonyl (C=O) groups excluding carboxylic acids is 1. The van der Waals surface area contributed by atoms with Gasteiger partial charge in [-0.1, -0.05) is 35.9 Å². The molecule has 138 valence electrons. The molecule has 1 heterocycles. The third-order valence-electron chi connectivity index (χ3n) is 4.09. The zero-order chi connectivity index (χ0) is 19.2. The maximum Gasteiger partial charge on any atom is 0.254 e. The Morgan fingerprint density at radius 3 is 2.33 bits per heavy atom. The number of aromatic nitrogens is 2. The number of nitrogens with zero attached hydrogens (tertiary/aromatic N) is 2. The molecule has 1 amide bonds. The first-order chi connectivity index (χ1) is 13.0. The monoisotopic (exact) mass is 362 g/mol. The molecule has 0 fully saturated rings. The van der Waals surface area contributed by atoms with Gasteiger partial charge < -0.3 is 15.4 Å². The summed E-state index contributed by atoms with van der Waals surface area (Å²) in [5.74, 6) is 0.883. The van der Waals surface area contributed by atoms with E-state index < -0.39 is 0 Å². The summed E-state index contributed by atoms with van der Waals surface area (Å²) in [7, 11) is 1.61. The van der Waals surface area contributed by atoms with Crippen LogP contribution in [0.3, 0.4) is 0 Å². The first-order valence-electron chi connectivity index (χ1n) is 8.62. The third kappa shape index (κ3) is 4.82. The number of hydrogen-bond donors (Lipinski definition) is 2. The predicted molar refractivity (Wildman–Crippen MR) is 105 cm³/mol. The molecule has 2 aromatic carbocycles. The van der Waals surface area contributed by atoms with Crippen LogP contribution in [-0.4, -0.2) is 23.0 Å². The molecule has 6 nitrogen and oxygen atoms in total. The van der Waals surface area contributed by atoms with Crippen molar-refractivity contribution in [3.63, 3.8) is 0 Å². The van der Waals surface area contributed by atoms with Crippen LogP contribution in [0, 0.1) is 13.8 Å². The fraction of sp³-hybridized carbons (Fsp3) is 0.190. The van der Waals surface area contributed by atoms with Crippen LogP contribution in [-0.2, 0) is 6.54 Å². The lowest BCUT2D eigenvalue weighted by Gasteiger charge is -2.11. The summed E-state index contributed by atoms with van der Waals surface area (Å²) in [5.41, 5.74) is 4.50. The van der Waals surface area contributed by atoms with Crippen molar-refractivity contribution in [1.29, 1.82) is 0 Å². The number of nitrogens with one attached hydrogen (secondary N) is 2. The van der Waals surface area contributed by atoms with Crippen LogP contribution in [0.25, 0.3) is 0 Å². The summed E-state index contributed by atoms with van der Waals surface area (Å²) in [4.78, 5) is 20.7. The largest absolute Gasteiger partial charge is 0.495 e. The number of amides is 1. The quantitative estimate of drug-likeness (QED) is 0.698. The molecule has 27 heavy (non-hydrogen) atoms.